The number of nitrogens with zero attached hydrogens (tertiary/aromatic N) is 4. The van der Waals surface area contributed by atoms with Crippen LogP contribution < -0.4 is 11.1 Å². The Balaban J connectivity index is 1.73. The predicted octanol–water partition coefficient (Wildman–Crippen LogP) is 2.93. The molecule has 9 nitrogen and oxygen atoms in total. The second-order valence-electron chi connectivity index (χ2n) is 8.32. The number of carbonyl (C=O) groups excluding carboxylic acids is 1. The number of rotatable bonds is 9. The molecule has 0 fully saturated rings. The van der Waals surface area contributed by atoms with Gasteiger partial charge in [-0.25, -0.2) is 23.4 Å². The molecule has 1 unspecified atom stereocenters. The van der Waals surface area contributed by atoms with Gasteiger partial charge in [-0.3, -0.25) is 4.79 Å². The van der Waals surface area contributed by atoms with Gasteiger partial charge in [0, 0.05) is 43.9 Å². The largest absolute Gasteiger partial charge is 0.361 e. The van der Waals surface area contributed by atoms with Crippen molar-refractivity contribution in [3.8, 4) is 10.6 Å². The molecule has 0 saturated carbocycles. The molecular weight excluding hydrogens is 496 g/mol. The van der Waals surface area contributed by atoms with E-state index in [1.165, 1.54) is 28.5 Å². The van der Waals surface area contributed by atoms with E-state index in [2.05, 4.69) is 20.3 Å². The lowest BCUT2D eigenvalue weighted by molar-refractivity contribution is -0.126. The van der Waals surface area contributed by atoms with Crippen LogP contribution in [0.1, 0.15) is 11.3 Å². The first kappa shape index (κ1) is 25.4. The molecule has 3 heterocycles. The highest BCUT2D eigenvalue weighted by Gasteiger charge is 2.45. The van der Waals surface area contributed by atoms with Crippen molar-refractivity contribution in [2.24, 2.45) is 5.73 Å². The summed E-state index contributed by atoms with van der Waals surface area (Å²) in [6.45, 7) is 0.00618. The molecule has 4 rings (SSSR count). The van der Waals surface area contributed by atoms with Crippen LogP contribution >= 0.6 is 11.3 Å². The van der Waals surface area contributed by atoms with Crippen molar-refractivity contribution in [3.05, 3.63) is 89.7 Å². The maximum Gasteiger partial charge on any atom is 0.241 e. The molecule has 0 bridgehead atoms. The van der Waals surface area contributed by atoms with Crippen LogP contribution in [0.25, 0.3) is 10.6 Å². The zero-order valence-electron chi connectivity index (χ0n) is 19.8. The van der Waals surface area contributed by atoms with Gasteiger partial charge in [-0.2, -0.15) is 0 Å². The van der Waals surface area contributed by atoms with Crippen LogP contribution in [-0.4, -0.2) is 54.8 Å². The standard InChI is InChI=1S/C25H26N6O3S2/c1-31(2)23(32)17-29-21-7-5-6-20(30-21)25(26,36(33,34)22-8-3-4-13-27-22)16-18-9-11-19(12-10-18)24-28-14-15-35-24/h3-15H,16-17,26H2,1-2H3,(H,29,30). The van der Waals surface area contributed by atoms with Crippen molar-refractivity contribution < 1.29 is 13.2 Å². The number of pyridine rings is 2. The van der Waals surface area contributed by atoms with Crippen molar-refractivity contribution in [1.82, 2.24) is 19.9 Å². The molecule has 3 N–H and O–H groups in total. The summed E-state index contributed by atoms with van der Waals surface area (Å²) < 4.78 is 27.7. The van der Waals surface area contributed by atoms with Crippen molar-refractivity contribution in [2.45, 2.75) is 16.3 Å². The van der Waals surface area contributed by atoms with Crippen LogP contribution in [0.2, 0.25) is 0 Å². The number of nitrogens with one attached hydrogen (secondary N) is 1. The SMILES string of the molecule is CN(C)C(=O)CNc1cccc(C(N)(Cc2ccc(-c3nccs3)cc2)S(=O)(=O)c2ccccn2)n1. The lowest BCUT2D eigenvalue weighted by Crippen LogP contribution is -2.47. The summed E-state index contributed by atoms with van der Waals surface area (Å²) in [5, 5.41) is 5.56. The highest BCUT2D eigenvalue weighted by molar-refractivity contribution is 7.92. The third-order valence-corrected chi connectivity index (χ3v) is 8.52. The number of likely N-dealkylation sites (N-methyl/N-ethyl adjacent to an activating group) is 1. The van der Waals surface area contributed by atoms with Gasteiger partial charge in [0.1, 0.15) is 10.8 Å². The third-order valence-electron chi connectivity index (χ3n) is 5.59. The number of nitrogens with two attached hydrogens (primary N) is 1. The summed E-state index contributed by atoms with van der Waals surface area (Å²) in [4.78, 5) is 24.4. The highest BCUT2D eigenvalue weighted by Crippen LogP contribution is 2.34. The lowest BCUT2D eigenvalue weighted by atomic mass is 10.0. The summed E-state index contributed by atoms with van der Waals surface area (Å²) in [5.41, 5.74) is 8.54. The molecule has 0 aliphatic heterocycles. The number of anilines is 1. The summed E-state index contributed by atoms with van der Waals surface area (Å²) in [7, 11) is -0.874. The number of aromatic nitrogens is 3. The van der Waals surface area contributed by atoms with Crippen molar-refractivity contribution in [1.29, 1.82) is 0 Å². The molecule has 0 aliphatic carbocycles. The van der Waals surface area contributed by atoms with E-state index in [4.69, 9.17) is 5.73 Å². The first-order valence-corrected chi connectivity index (χ1v) is 13.4. The van der Waals surface area contributed by atoms with Gasteiger partial charge in [0.05, 0.1) is 12.2 Å². The molecule has 1 amide bonds. The lowest BCUT2D eigenvalue weighted by Gasteiger charge is -2.29. The minimum absolute atomic E-state index is 0.00618. The number of hydrogen-bond acceptors (Lipinski definition) is 9. The van der Waals surface area contributed by atoms with E-state index >= 15 is 0 Å². The average Bonchev–Trinajstić information content (AvgIpc) is 3.43. The quantitative estimate of drug-likeness (QED) is 0.343. The van der Waals surface area contributed by atoms with E-state index in [1.807, 2.05) is 29.6 Å². The fourth-order valence-corrected chi connectivity index (χ4v) is 5.76. The summed E-state index contributed by atoms with van der Waals surface area (Å²) in [5.74, 6) is 0.190. The van der Waals surface area contributed by atoms with Gasteiger partial charge in [-0.15, -0.1) is 11.3 Å². The Morgan fingerprint density at radius 3 is 2.44 bits per heavy atom. The van der Waals surface area contributed by atoms with Gasteiger partial charge in [0.15, 0.2) is 9.90 Å². The van der Waals surface area contributed by atoms with Crippen molar-refractivity contribution in [2.75, 3.05) is 26.0 Å². The number of hydrogen-bond donors (Lipinski definition) is 2. The molecule has 11 heteroatoms. The number of sulfone groups is 1. The number of amides is 1. The minimum atomic E-state index is -4.18. The van der Waals surface area contributed by atoms with Crippen LogP contribution in [0.4, 0.5) is 5.82 Å². The van der Waals surface area contributed by atoms with E-state index in [0.29, 0.717) is 11.4 Å². The van der Waals surface area contributed by atoms with Gasteiger partial charge in [-0.05, 0) is 29.8 Å². The number of carbonyl (C=O) groups is 1. The first-order chi connectivity index (χ1) is 17.2. The summed E-state index contributed by atoms with van der Waals surface area (Å²) >= 11 is 1.52. The van der Waals surface area contributed by atoms with E-state index in [0.717, 1.165) is 10.6 Å². The fourth-order valence-electron chi connectivity index (χ4n) is 3.54. The molecule has 0 radical (unpaired) electrons. The molecule has 0 aliphatic rings. The Bertz CT molecular complexity index is 1430. The minimum Gasteiger partial charge on any atom is -0.361 e. The molecule has 3 aromatic heterocycles. The predicted molar refractivity (Wildman–Crippen MR) is 140 cm³/mol. The normalized spacial score (nSPS) is 13.1. The van der Waals surface area contributed by atoms with Crippen LogP contribution in [0.5, 0.6) is 0 Å². The Morgan fingerprint density at radius 2 is 1.81 bits per heavy atom. The Labute approximate surface area is 214 Å². The zero-order chi connectivity index (χ0) is 25.8. The van der Waals surface area contributed by atoms with Gasteiger partial charge in [-0.1, -0.05) is 36.4 Å². The molecule has 36 heavy (non-hydrogen) atoms. The highest BCUT2D eigenvalue weighted by atomic mass is 32.2. The van der Waals surface area contributed by atoms with E-state index in [1.54, 1.807) is 50.6 Å². The maximum atomic E-state index is 13.9. The van der Waals surface area contributed by atoms with Crippen LogP contribution in [-0.2, 0) is 25.9 Å². The van der Waals surface area contributed by atoms with Crippen molar-refractivity contribution in [3.63, 3.8) is 0 Å². The van der Waals surface area contributed by atoms with E-state index < -0.39 is 14.7 Å². The molecule has 1 aromatic carbocycles. The van der Waals surface area contributed by atoms with Gasteiger partial charge in [0.25, 0.3) is 0 Å². The van der Waals surface area contributed by atoms with E-state index in [9.17, 15) is 13.2 Å². The second-order valence-corrected chi connectivity index (χ2v) is 11.4. The first-order valence-electron chi connectivity index (χ1n) is 11.1. The van der Waals surface area contributed by atoms with Gasteiger partial charge >= 0.3 is 0 Å². The van der Waals surface area contributed by atoms with Gasteiger partial charge in [0.2, 0.25) is 15.7 Å². The van der Waals surface area contributed by atoms with Crippen LogP contribution in [0.15, 0.2) is 83.5 Å². The maximum absolute atomic E-state index is 13.9. The average molecular weight is 523 g/mol. The molecular formula is C25H26N6O3S2. The summed E-state index contributed by atoms with van der Waals surface area (Å²) in [6, 6.07) is 17.0. The molecule has 1 atom stereocenters. The van der Waals surface area contributed by atoms with Crippen LogP contribution in [0, 0.1) is 0 Å². The van der Waals surface area contributed by atoms with E-state index in [-0.39, 0.29) is 29.6 Å². The molecule has 186 valence electrons. The molecule has 0 spiro atoms. The van der Waals surface area contributed by atoms with Crippen molar-refractivity contribution >= 4 is 32.9 Å². The molecule has 4 aromatic rings. The Kier molecular flexibility index (Phi) is 7.43. The topological polar surface area (TPSA) is 131 Å². The smallest absolute Gasteiger partial charge is 0.241 e. The zero-order valence-corrected chi connectivity index (χ0v) is 21.5. The van der Waals surface area contributed by atoms with Gasteiger partial charge < -0.3 is 16.0 Å². The second kappa shape index (κ2) is 10.5. The third kappa shape index (κ3) is 5.27. The number of thiazole rings is 1. The summed E-state index contributed by atoms with van der Waals surface area (Å²) in [6.07, 6.45) is 3.10. The fraction of sp³-hybridized carbons (Fsp3) is 0.200. The number of benzene rings is 1. The molecule has 0 saturated heterocycles. The Hall–Kier alpha value is -3.67. The van der Waals surface area contributed by atoms with Crippen LogP contribution in [0.3, 0.4) is 0 Å². The Morgan fingerprint density at radius 1 is 1.03 bits per heavy atom. The monoisotopic (exact) mass is 522 g/mol.